The van der Waals surface area contributed by atoms with E-state index in [2.05, 4.69) is 47.8 Å². The number of nitrogens with zero attached hydrogens (tertiary/aromatic N) is 2. The third-order valence-electron chi connectivity index (χ3n) is 4.89. The zero-order valence-electron chi connectivity index (χ0n) is 18.7. The second-order valence-corrected chi connectivity index (χ2v) is 9.26. The van der Waals surface area contributed by atoms with Crippen LogP contribution in [0, 0.1) is 23.5 Å². The standard InChI is InChI=1S/C23H21F2N7O3S/c24-18-8-2-9-19(25)20(18)31-23(33)27-10-3-5-15-14-28-22-30-16-6-1-7-17(13-16)36(34,35)29-12-4-11-26-21(15)32-22/h1-2,6-9,13-14,29H,4,10-12H2,(H2,27,31,33)(H2,26,28,30,32). The Bertz CT molecular complexity index is 1440. The SMILES string of the molecule is O=C(NCC#Cc1cnc2nc1NCCCNS(=O)(=O)c1cccc(c1)N2)Nc1c(F)cccc1F. The quantitative estimate of drug-likeness (QED) is 0.332. The largest absolute Gasteiger partial charge is 0.369 e. The van der Waals surface area contributed by atoms with Gasteiger partial charge >= 0.3 is 6.03 Å². The van der Waals surface area contributed by atoms with E-state index in [0.717, 1.165) is 12.1 Å². The fourth-order valence-corrected chi connectivity index (χ4v) is 4.28. The molecule has 0 saturated carbocycles. The number of aromatic nitrogens is 2. The molecule has 13 heteroatoms. The minimum absolute atomic E-state index is 0.115. The molecule has 0 spiro atoms. The van der Waals surface area contributed by atoms with Crippen molar-refractivity contribution in [1.29, 1.82) is 0 Å². The molecule has 2 heterocycles. The van der Waals surface area contributed by atoms with Crippen molar-refractivity contribution < 1.29 is 22.0 Å². The lowest BCUT2D eigenvalue weighted by Crippen LogP contribution is -2.29. The third kappa shape index (κ3) is 6.23. The van der Waals surface area contributed by atoms with Crippen molar-refractivity contribution in [2.45, 2.75) is 11.3 Å². The highest BCUT2D eigenvalue weighted by Crippen LogP contribution is 2.21. The molecule has 1 aliphatic heterocycles. The number of sulfonamides is 1. The van der Waals surface area contributed by atoms with E-state index in [1.165, 1.54) is 24.4 Å². The topological polar surface area (TPSA) is 137 Å². The Morgan fingerprint density at radius 1 is 1.11 bits per heavy atom. The average Bonchev–Trinajstić information content (AvgIpc) is 2.85. The minimum Gasteiger partial charge on any atom is -0.369 e. The normalized spacial score (nSPS) is 14.3. The van der Waals surface area contributed by atoms with E-state index in [1.807, 2.05) is 0 Å². The summed E-state index contributed by atoms with van der Waals surface area (Å²) in [6.45, 7) is 0.504. The average molecular weight is 514 g/mol. The van der Waals surface area contributed by atoms with E-state index in [-0.39, 0.29) is 23.9 Å². The van der Waals surface area contributed by atoms with Gasteiger partial charge in [-0.2, -0.15) is 4.98 Å². The predicted octanol–water partition coefficient (Wildman–Crippen LogP) is 2.77. The van der Waals surface area contributed by atoms with Crippen molar-refractivity contribution in [3.8, 4) is 11.8 Å². The Hall–Kier alpha value is -4.28. The summed E-state index contributed by atoms with van der Waals surface area (Å²) in [7, 11) is -3.65. The molecule has 0 unspecified atom stereocenters. The second kappa shape index (κ2) is 11.0. The molecule has 3 aromatic rings. The number of carbonyl (C=O) groups excluding carboxylic acids is 1. The number of anilines is 4. The van der Waals surface area contributed by atoms with Gasteiger partial charge < -0.3 is 21.3 Å². The number of nitrogens with one attached hydrogen (secondary N) is 5. The number of carbonyl (C=O) groups is 1. The van der Waals surface area contributed by atoms with Crippen LogP contribution in [-0.4, -0.2) is 44.1 Å². The highest BCUT2D eigenvalue weighted by Gasteiger charge is 2.15. The van der Waals surface area contributed by atoms with Gasteiger partial charge in [-0.15, -0.1) is 0 Å². The molecule has 0 atom stereocenters. The molecule has 10 nitrogen and oxygen atoms in total. The Morgan fingerprint density at radius 3 is 2.69 bits per heavy atom. The Kier molecular flexibility index (Phi) is 7.57. The monoisotopic (exact) mass is 513 g/mol. The number of fused-ring (bicyclic) bond motifs is 4. The summed E-state index contributed by atoms with van der Waals surface area (Å²) in [5.74, 6) is 4.43. The van der Waals surface area contributed by atoms with Gasteiger partial charge in [0.15, 0.2) is 0 Å². The van der Waals surface area contributed by atoms with Crippen molar-refractivity contribution >= 4 is 39.2 Å². The molecule has 1 aromatic heterocycles. The number of rotatable bonds is 2. The first-order valence-electron chi connectivity index (χ1n) is 10.8. The summed E-state index contributed by atoms with van der Waals surface area (Å²) in [6, 6.07) is 8.70. The van der Waals surface area contributed by atoms with Crippen LogP contribution in [0.2, 0.25) is 0 Å². The van der Waals surface area contributed by atoms with Crippen molar-refractivity contribution in [1.82, 2.24) is 20.0 Å². The van der Waals surface area contributed by atoms with E-state index in [1.54, 1.807) is 12.1 Å². The second-order valence-electron chi connectivity index (χ2n) is 7.49. The molecule has 0 saturated heterocycles. The summed E-state index contributed by atoms with van der Waals surface area (Å²) in [6.07, 6.45) is 1.96. The maximum atomic E-state index is 13.7. The molecule has 2 aromatic carbocycles. The fourth-order valence-electron chi connectivity index (χ4n) is 3.16. The van der Waals surface area contributed by atoms with Crippen LogP contribution in [0.15, 0.2) is 53.6 Å². The summed E-state index contributed by atoms with van der Waals surface area (Å²) in [4.78, 5) is 20.7. The van der Waals surface area contributed by atoms with Gasteiger partial charge in [-0.1, -0.05) is 24.0 Å². The van der Waals surface area contributed by atoms with Gasteiger partial charge in [-0.05, 0) is 36.8 Å². The summed E-state index contributed by atoms with van der Waals surface area (Å²) in [5.41, 5.74) is 0.373. The first-order chi connectivity index (χ1) is 17.3. The van der Waals surface area contributed by atoms with Crippen LogP contribution >= 0.6 is 0 Å². The Balaban J connectivity index is 1.46. The van der Waals surface area contributed by atoms with Gasteiger partial charge in [0, 0.05) is 18.8 Å². The van der Waals surface area contributed by atoms with Crippen LogP contribution in [-0.2, 0) is 10.0 Å². The lowest BCUT2D eigenvalue weighted by atomic mass is 10.3. The van der Waals surface area contributed by atoms with E-state index in [4.69, 9.17) is 0 Å². The van der Waals surface area contributed by atoms with Crippen molar-refractivity contribution in [3.05, 3.63) is 65.9 Å². The zero-order valence-corrected chi connectivity index (χ0v) is 19.5. The maximum absolute atomic E-state index is 13.7. The van der Waals surface area contributed by atoms with E-state index in [0.29, 0.717) is 30.0 Å². The summed E-state index contributed by atoms with van der Waals surface area (Å²) in [5, 5.41) is 10.6. The number of benzene rings is 2. The number of hydrogen-bond acceptors (Lipinski definition) is 7. The molecular formula is C23H21F2N7O3S. The number of amides is 2. The van der Waals surface area contributed by atoms with E-state index < -0.39 is 33.4 Å². The highest BCUT2D eigenvalue weighted by molar-refractivity contribution is 7.89. The predicted molar refractivity (Wildman–Crippen MR) is 130 cm³/mol. The van der Waals surface area contributed by atoms with Crippen LogP contribution in [0.25, 0.3) is 0 Å². The molecule has 5 N–H and O–H groups in total. The molecule has 4 rings (SSSR count). The Morgan fingerprint density at radius 2 is 1.89 bits per heavy atom. The smallest absolute Gasteiger partial charge is 0.320 e. The van der Waals surface area contributed by atoms with E-state index >= 15 is 0 Å². The number of hydrogen-bond donors (Lipinski definition) is 5. The lowest BCUT2D eigenvalue weighted by molar-refractivity contribution is 0.253. The van der Waals surface area contributed by atoms with Gasteiger partial charge in [0.25, 0.3) is 0 Å². The van der Waals surface area contributed by atoms with Gasteiger partial charge in [-0.25, -0.2) is 31.7 Å². The Labute approximate surface area is 206 Å². The summed E-state index contributed by atoms with van der Waals surface area (Å²) < 4.78 is 54.8. The van der Waals surface area contributed by atoms with Gasteiger partial charge in [0.2, 0.25) is 16.0 Å². The van der Waals surface area contributed by atoms with Crippen LogP contribution in [0.1, 0.15) is 12.0 Å². The molecule has 186 valence electrons. The first-order valence-corrected chi connectivity index (χ1v) is 12.3. The first kappa shape index (κ1) is 24.8. The fraction of sp³-hybridized carbons (Fsp3) is 0.174. The molecule has 2 amide bonds. The van der Waals surface area contributed by atoms with Gasteiger partial charge in [-0.3, -0.25) is 0 Å². The number of para-hydroxylation sites is 1. The van der Waals surface area contributed by atoms with Crippen LogP contribution in [0.4, 0.5) is 36.7 Å². The van der Waals surface area contributed by atoms with Gasteiger partial charge in [0.05, 0.1) is 23.2 Å². The van der Waals surface area contributed by atoms with E-state index in [9.17, 15) is 22.0 Å². The molecular weight excluding hydrogens is 492 g/mol. The van der Waals surface area contributed by atoms with Crippen molar-refractivity contribution in [3.63, 3.8) is 0 Å². The lowest BCUT2D eigenvalue weighted by Gasteiger charge is -2.10. The van der Waals surface area contributed by atoms with Crippen LogP contribution in [0.5, 0.6) is 0 Å². The molecule has 0 aliphatic carbocycles. The molecule has 0 fully saturated rings. The van der Waals surface area contributed by atoms with Gasteiger partial charge in [0.1, 0.15) is 23.1 Å². The molecule has 4 bridgehead atoms. The number of urea groups is 1. The third-order valence-corrected chi connectivity index (χ3v) is 6.35. The molecule has 1 aliphatic rings. The minimum atomic E-state index is -3.65. The zero-order chi connectivity index (χ0) is 25.5. The molecule has 36 heavy (non-hydrogen) atoms. The van der Waals surface area contributed by atoms with Crippen molar-refractivity contribution in [2.75, 3.05) is 35.6 Å². The maximum Gasteiger partial charge on any atom is 0.320 e. The number of halogens is 2. The highest BCUT2D eigenvalue weighted by atomic mass is 32.2. The van der Waals surface area contributed by atoms with Crippen LogP contribution < -0.4 is 26.0 Å². The molecule has 0 radical (unpaired) electrons. The van der Waals surface area contributed by atoms with Crippen molar-refractivity contribution in [2.24, 2.45) is 0 Å². The van der Waals surface area contributed by atoms with Crippen LogP contribution in [0.3, 0.4) is 0 Å². The summed E-state index contributed by atoms with van der Waals surface area (Å²) >= 11 is 0.